The average molecular weight is 245 g/mol. The molecule has 2 atom stereocenters. The third kappa shape index (κ3) is 2.44. The van der Waals surface area contributed by atoms with Gasteiger partial charge in [0, 0.05) is 12.5 Å². The highest BCUT2D eigenvalue weighted by Crippen LogP contribution is 2.55. The summed E-state index contributed by atoms with van der Waals surface area (Å²) in [6, 6.07) is 0. The number of hydrogen-bond donors (Lipinski definition) is 0. The largest absolute Gasteiger partial charge is 0.373 e. The van der Waals surface area contributed by atoms with Crippen molar-refractivity contribution >= 4 is 5.91 Å². The molecule has 0 spiro atoms. The quantitative estimate of drug-likeness (QED) is 0.738. The fourth-order valence-corrected chi connectivity index (χ4v) is 2.77. The molecule has 0 aromatic heterocycles. The van der Waals surface area contributed by atoms with Gasteiger partial charge in [0.15, 0.2) is 0 Å². The molecule has 5 heteroatoms. The van der Waals surface area contributed by atoms with Gasteiger partial charge >= 0.3 is 0 Å². The van der Waals surface area contributed by atoms with Gasteiger partial charge in [-0.2, -0.15) is 0 Å². The van der Waals surface area contributed by atoms with Crippen molar-refractivity contribution < 1.29 is 18.3 Å². The van der Waals surface area contributed by atoms with E-state index < -0.39 is 19.1 Å². The van der Waals surface area contributed by atoms with Gasteiger partial charge in [-0.25, -0.2) is 8.78 Å². The lowest BCUT2D eigenvalue weighted by molar-refractivity contribution is -0.137. The number of ether oxygens (including phenoxy) is 1. The highest BCUT2D eigenvalue weighted by Gasteiger charge is 2.53. The minimum Gasteiger partial charge on any atom is -0.373 e. The van der Waals surface area contributed by atoms with E-state index in [2.05, 4.69) is 0 Å². The van der Waals surface area contributed by atoms with Crippen molar-refractivity contribution in [1.29, 1.82) is 0 Å². The predicted octanol–water partition coefficient (Wildman–Crippen LogP) is 1.53. The lowest BCUT2D eigenvalue weighted by Crippen LogP contribution is -2.42. The zero-order valence-corrected chi connectivity index (χ0v) is 9.70. The van der Waals surface area contributed by atoms with Crippen LogP contribution in [-0.4, -0.2) is 43.0 Å². The third-order valence-corrected chi connectivity index (χ3v) is 3.94. The Bertz CT molecular complexity index is 330. The molecule has 1 aliphatic heterocycles. The summed E-state index contributed by atoms with van der Waals surface area (Å²) in [4.78, 5) is 13.4. The molecule has 1 amide bonds. The van der Waals surface area contributed by atoms with E-state index in [4.69, 9.17) is 4.74 Å². The summed E-state index contributed by atoms with van der Waals surface area (Å²) in [7, 11) is 0. The van der Waals surface area contributed by atoms with Crippen LogP contribution in [-0.2, 0) is 9.53 Å². The number of carbonyl (C=O) groups excluding carboxylic acids is 1. The fraction of sp³-hybridized carbons (Fsp3) is 0.917. The summed E-state index contributed by atoms with van der Waals surface area (Å²) >= 11 is 0. The van der Waals surface area contributed by atoms with Gasteiger partial charge in [-0.3, -0.25) is 4.79 Å². The van der Waals surface area contributed by atoms with Crippen LogP contribution in [0.25, 0.3) is 0 Å². The molecule has 3 aliphatic rings. The van der Waals surface area contributed by atoms with Crippen LogP contribution < -0.4 is 0 Å². The molecule has 0 aromatic rings. The fourth-order valence-electron chi connectivity index (χ4n) is 2.77. The molecule has 2 aliphatic carbocycles. The monoisotopic (exact) mass is 245 g/mol. The Kier molecular flexibility index (Phi) is 2.61. The van der Waals surface area contributed by atoms with E-state index in [0.29, 0.717) is 18.4 Å². The first kappa shape index (κ1) is 11.4. The number of alkyl halides is 2. The SMILES string of the molecule is O=C([C@H]1C[C@@H]1C1CC1)N1CCOCC(F)(F)C1. The highest BCUT2D eigenvalue weighted by molar-refractivity contribution is 5.82. The maximum absolute atomic E-state index is 13.3. The minimum absolute atomic E-state index is 0.0244. The van der Waals surface area contributed by atoms with Crippen LogP contribution in [0.15, 0.2) is 0 Å². The smallest absolute Gasteiger partial charge is 0.288 e. The van der Waals surface area contributed by atoms with Crippen LogP contribution in [0.4, 0.5) is 8.78 Å². The summed E-state index contributed by atoms with van der Waals surface area (Å²) in [6.45, 7) is -0.502. The zero-order chi connectivity index (χ0) is 12.0. The molecular weight excluding hydrogens is 228 g/mol. The molecule has 17 heavy (non-hydrogen) atoms. The van der Waals surface area contributed by atoms with Gasteiger partial charge in [0.25, 0.3) is 5.92 Å². The van der Waals surface area contributed by atoms with Crippen molar-refractivity contribution in [2.75, 3.05) is 26.3 Å². The molecular formula is C12H17F2NO2. The van der Waals surface area contributed by atoms with Gasteiger partial charge in [0.05, 0.1) is 13.2 Å². The molecule has 3 rings (SSSR count). The average Bonchev–Trinajstić information content (AvgIpc) is 3.12. The highest BCUT2D eigenvalue weighted by atomic mass is 19.3. The molecule has 96 valence electrons. The third-order valence-electron chi connectivity index (χ3n) is 3.94. The van der Waals surface area contributed by atoms with Crippen molar-refractivity contribution in [3.05, 3.63) is 0 Å². The van der Waals surface area contributed by atoms with Crippen LogP contribution >= 0.6 is 0 Å². The number of amides is 1. The molecule has 3 fully saturated rings. The number of nitrogens with zero attached hydrogens (tertiary/aromatic N) is 1. The van der Waals surface area contributed by atoms with Crippen molar-refractivity contribution in [1.82, 2.24) is 4.90 Å². The molecule has 1 saturated heterocycles. The summed E-state index contributed by atoms with van der Waals surface area (Å²) < 4.78 is 31.4. The van der Waals surface area contributed by atoms with Gasteiger partial charge in [-0.1, -0.05) is 0 Å². The topological polar surface area (TPSA) is 29.5 Å². The molecule has 0 N–H and O–H groups in total. The Balaban J connectivity index is 1.60. The molecule has 3 nitrogen and oxygen atoms in total. The van der Waals surface area contributed by atoms with Gasteiger partial charge in [0.2, 0.25) is 5.91 Å². The van der Waals surface area contributed by atoms with E-state index in [-0.39, 0.29) is 18.4 Å². The first-order valence-electron chi connectivity index (χ1n) is 6.31. The van der Waals surface area contributed by atoms with Crippen LogP contribution in [0, 0.1) is 17.8 Å². The maximum atomic E-state index is 13.3. The second-order valence-electron chi connectivity index (χ2n) is 5.51. The second kappa shape index (κ2) is 3.90. The zero-order valence-electron chi connectivity index (χ0n) is 9.70. The van der Waals surface area contributed by atoms with E-state index >= 15 is 0 Å². The number of halogens is 2. The van der Waals surface area contributed by atoms with Crippen LogP contribution in [0.3, 0.4) is 0 Å². The Hall–Kier alpha value is -0.710. The van der Waals surface area contributed by atoms with E-state index in [1.54, 1.807) is 0 Å². The van der Waals surface area contributed by atoms with Gasteiger partial charge in [-0.05, 0) is 31.1 Å². The molecule has 0 radical (unpaired) electrons. The van der Waals surface area contributed by atoms with Gasteiger partial charge < -0.3 is 9.64 Å². The second-order valence-corrected chi connectivity index (χ2v) is 5.51. The Morgan fingerprint density at radius 2 is 2.12 bits per heavy atom. The lowest BCUT2D eigenvalue weighted by Gasteiger charge is -2.23. The Morgan fingerprint density at radius 3 is 2.82 bits per heavy atom. The molecule has 0 unspecified atom stereocenters. The van der Waals surface area contributed by atoms with Crippen LogP contribution in [0.2, 0.25) is 0 Å². The van der Waals surface area contributed by atoms with Crippen LogP contribution in [0.5, 0.6) is 0 Å². The first-order chi connectivity index (χ1) is 8.07. The maximum Gasteiger partial charge on any atom is 0.288 e. The lowest BCUT2D eigenvalue weighted by atomic mass is 10.2. The van der Waals surface area contributed by atoms with Crippen molar-refractivity contribution in [3.63, 3.8) is 0 Å². The van der Waals surface area contributed by atoms with Gasteiger partial charge in [0.1, 0.15) is 6.61 Å². The summed E-state index contributed by atoms with van der Waals surface area (Å²) in [6.07, 6.45) is 3.34. The summed E-state index contributed by atoms with van der Waals surface area (Å²) in [5.74, 6) is -1.76. The Labute approximate surface area is 99.1 Å². The number of rotatable bonds is 2. The van der Waals surface area contributed by atoms with E-state index in [9.17, 15) is 13.6 Å². The standard InChI is InChI=1S/C12H17F2NO2/c13-12(14)6-15(3-4-17-7-12)11(16)10-5-9(10)8-1-2-8/h8-10H,1-7H2/t9-,10+/m1/s1. The minimum atomic E-state index is -2.89. The number of carbonyl (C=O) groups is 1. The van der Waals surface area contributed by atoms with E-state index in [1.165, 1.54) is 17.7 Å². The summed E-state index contributed by atoms with van der Waals surface area (Å²) in [5.41, 5.74) is 0. The first-order valence-corrected chi connectivity index (χ1v) is 6.31. The Morgan fingerprint density at radius 1 is 1.35 bits per heavy atom. The molecule has 1 heterocycles. The van der Waals surface area contributed by atoms with E-state index in [0.717, 1.165) is 6.42 Å². The predicted molar refractivity (Wildman–Crippen MR) is 56.7 cm³/mol. The number of hydrogen-bond acceptors (Lipinski definition) is 2. The van der Waals surface area contributed by atoms with Crippen molar-refractivity contribution in [3.8, 4) is 0 Å². The molecule has 0 aromatic carbocycles. The molecule has 0 bridgehead atoms. The van der Waals surface area contributed by atoms with Crippen molar-refractivity contribution in [2.24, 2.45) is 17.8 Å². The normalized spacial score (nSPS) is 36.5. The van der Waals surface area contributed by atoms with E-state index in [1.807, 2.05) is 0 Å². The van der Waals surface area contributed by atoms with Gasteiger partial charge in [-0.15, -0.1) is 0 Å². The molecule has 2 saturated carbocycles. The van der Waals surface area contributed by atoms with Crippen LogP contribution in [0.1, 0.15) is 19.3 Å². The summed E-state index contributed by atoms with van der Waals surface area (Å²) in [5, 5.41) is 0. The van der Waals surface area contributed by atoms with Crippen molar-refractivity contribution in [2.45, 2.75) is 25.2 Å².